The summed E-state index contributed by atoms with van der Waals surface area (Å²) in [5.74, 6) is -3.23. The number of carbonyl (C=O) groups is 3. The molecule has 0 saturated heterocycles. The molecular weight excluding hydrogens is 188 g/mol. The zero-order chi connectivity index (χ0) is 11.3. The van der Waals surface area contributed by atoms with E-state index in [4.69, 9.17) is 5.11 Å². The number of carboxylic acids is 1. The van der Waals surface area contributed by atoms with Crippen molar-refractivity contribution in [1.82, 2.24) is 10.2 Å². The van der Waals surface area contributed by atoms with Crippen LogP contribution in [0.1, 0.15) is 6.92 Å². The molecule has 0 heterocycles. The summed E-state index contributed by atoms with van der Waals surface area (Å²) in [6, 6.07) is 0. The van der Waals surface area contributed by atoms with E-state index >= 15 is 0 Å². The van der Waals surface area contributed by atoms with E-state index in [1.807, 2.05) is 0 Å². The molecule has 0 saturated carbocycles. The zero-order valence-electron chi connectivity index (χ0n) is 8.40. The van der Waals surface area contributed by atoms with Crippen molar-refractivity contribution in [3.05, 3.63) is 0 Å². The second kappa shape index (κ2) is 5.21. The molecule has 0 aromatic rings. The van der Waals surface area contributed by atoms with Crippen LogP contribution < -0.4 is 5.32 Å². The number of carbonyl (C=O) groups excluding carboxylic acids is 2. The Hall–Kier alpha value is -1.59. The Bertz CT molecular complexity index is 252. The third-order valence-electron chi connectivity index (χ3n) is 1.78. The van der Waals surface area contributed by atoms with Gasteiger partial charge in [-0.3, -0.25) is 14.4 Å². The van der Waals surface area contributed by atoms with Gasteiger partial charge in [0.2, 0.25) is 11.8 Å². The van der Waals surface area contributed by atoms with Gasteiger partial charge >= 0.3 is 5.97 Å². The average molecular weight is 202 g/mol. The second-order valence-electron chi connectivity index (χ2n) is 2.93. The lowest BCUT2D eigenvalue weighted by atomic mass is 10.1. The average Bonchev–Trinajstić information content (AvgIpc) is 2.14. The van der Waals surface area contributed by atoms with Crippen LogP contribution >= 0.6 is 0 Å². The fourth-order valence-electron chi connectivity index (χ4n) is 0.809. The topological polar surface area (TPSA) is 86.7 Å². The van der Waals surface area contributed by atoms with Crippen LogP contribution in [0.4, 0.5) is 0 Å². The molecular formula is C8H14N2O4. The van der Waals surface area contributed by atoms with E-state index in [1.165, 1.54) is 21.0 Å². The first-order valence-corrected chi connectivity index (χ1v) is 4.08. The quantitative estimate of drug-likeness (QED) is 0.567. The molecule has 0 spiro atoms. The molecule has 6 nitrogen and oxygen atoms in total. The Labute approximate surface area is 81.9 Å². The monoisotopic (exact) mass is 202 g/mol. The lowest BCUT2D eigenvalue weighted by Crippen LogP contribution is -2.41. The standard InChI is InChI=1S/C8H14N2O4/c1-5(8(13)14)7(12)10(3)4-6(11)9-2/h5H,4H2,1-3H3,(H,9,11)(H,13,14). The highest BCUT2D eigenvalue weighted by molar-refractivity contribution is 5.97. The fraction of sp³-hybridized carbons (Fsp3) is 0.625. The van der Waals surface area contributed by atoms with Crippen molar-refractivity contribution in [1.29, 1.82) is 0 Å². The van der Waals surface area contributed by atoms with Crippen LogP contribution in [-0.2, 0) is 14.4 Å². The Morgan fingerprint density at radius 1 is 1.43 bits per heavy atom. The largest absolute Gasteiger partial charge is 0.481 e. The van der Waals surface area contributed by atoms with Crippen molar-refractivity contribution < 1.29 is 19.5 Å². The van der Waals surface area contributed by atoms with Gasteiger partial charge in [-0.1, -0.05) is 0 Å². The van der Waals surface area contributed by atoms with E-state index < -0.39 is 17.8 Å². The number of rotatable bonds is 4. The summed E-state index contributed by atoms with van der Waals surface area (Å²) in [7, 11) is 2.83. The van der Waals surface area contributed by atoms with Gasteiger partial charge in [0.15, 0.2) is 0 Å². The molecule has 6 heteroatoms. The molecule has 0 aliphatic rings. The van der Waals surface area contributed by atoms with Crippen LogP contribution in [-0.4, -0.2) is 48.4 Å². The molecule has 0 aromatic carbocycles. The maximum atomic E-state index is 11.3. The molecule has 0 aromatic heterocycles. The van der Waals surface area contributed by atoms with Crippen LogP contribution in [0.2, 0.25) is 0 Å². The number of likely N-dealkylation sites (N-methyl/N-ethyl adjacent to an activating group) is 2. The molecule has 0 fully saturated rings. The van der Waals surface area contributed by atoms with Crippen LogP contribution in [0.3, 0.4) is 0 Å². The number of aliphatic carboxylic acids is 1. The maximum absolute atomic E-state index is 11.3. The van der Waals surface area contributed by atoms with Gasteiger partial charge in [0, 0.05) is 14.1 Å². The third-order valence-corrected chi connectivity index (χ3v) is 1.78. The lowest BCUT2D eigenvalue weighted by Gasteiger charge is -2.18. The zero-order valence-corrected chi connectivity index (χ0v) is 8.40. The van der Waals surface area contributed by atoms with Crippen molar-refractivity contribution in [2.24, 2.45) is 5.92 Å². The van der Waals surface area contributed by atoms with Gasteiger partial charge in [-0.15, -0.1) is 0 Å². The molecule has 1 atom stereocenters. The number of carboxylic acid groups (broad SMARTS) is 1. The smallest absolute Gasteiger partial charge is 0.315 e. The Kier molecular flexibility index (Phi) is 4.62. The summed E-state index contributed by atoms with van der Waals surface area (Å²) in [5.41, 5.74) is 0. The van der Waals surface area contributed by atoms with Gasteiger partial charge in [-0.25, -0.2) is 0 Å². The van der Waals surface area contributed by atoms with E-state index in [2.05, 4.69) is 5.32 Å². The van der Waals surface area contributed by atoms with E-state index in [0.29, 0.717) is 0 Å². The van der Waals surface area contributed by atoms with E-state index in [1.54, 1.807) is 0 Å². The Morgan fingerprint density at radius 2 is 1.93 bits per heavy atom. The van der Waals surface area contributed by atoms with Gasteiger partial charge in [0.05, 0.1) is 6.54 Å². The van der Waals surface area contributed by atoms with Gasteiger partial charge in [0.1, 0.15) is 5.92 Å². The molecule has 1 unspecified atom stereocenters. The summed E-state index contributed by atoms with van der Waals surface area (Å²) in [6.07, 6.45) is 0. The van der Waals surface area contributed by atoms with Crippen LogP contribution in [0.15, 0.2) is 0 Å². The van der Waals surface area contributed by atoms with Gasteiger partial charge < -0.3 is 15.3 Å². The predicted molar refractivity (Wildman–Crippen MR) is 48.5 cm³/mol. The summed E-state index contributed by atoms with van der Waals surface area (Å²) in [5, 5.41) is 10.9. The van der Waals surface area contributed by atoms with Gasteiger partial charge in [0.25, 0.3) is 0 Å². The van der Waals surface area contributed by atoms with Crippen molar-refractivity contribution in [3.8, 4) is 0 Å². The van der Waals surface area contributed by atoms with Crippen molar-refractivity contribution in [2.45, 2.75) is 6.92 Å². The molecule has 0 bridgehead atoms. The first-order chi connectivity index (χ1) is 6.40. The molecule has 0 rings (SSSR count). The molecule has 2 amide bonds. The number of nitrogens with zero attached hydrogens (tertiary/aromatic N) is 1. The van der Waals surface area contributed by atoms with Crippen LogP contribution in [0.25, 0.3) is 0 Å². The third kappa shape index (κ3) is 3.42. The van der Waals surface area contributed by atoms with Crippen LogP contribution in [0.5, 0.6) is 0 Å². The van der Waals surface area contributed by atoms with Crippen molar-refractivity contribution >= 4 is 17.8 Å². The van der Waals surface area contributed by atoms with Gasteiger partial charge in [-0.2, -0.15) is 0 Å². The fourth-order valence-corrected chi connectivity index (χ4v) is 0.809. The highest BCUT2D eigenvalue weighted by Gasteiger charge is 2.24. The molecule has 0 aliphatic heterocycles. The minimum Gasteiger partial charge on any atom is -0.481 e. The van der Waals surface area contributed by atoms with Crippen molar-refractivity contribution in [3.63, 3.8) is 0 Å². The number of nitrogens with one attached hydrogen (secondary N) is 1. The molecule has 80 valence electrons. The first-order valence-electron chi connectivity index (χ1n) is 4.08. The Balaban J connectivity index is 4.25. The molecule has 0 radical (unpaired) electrons. The molecule has 14 heavy (non-hydrogen) atoms. The molecule has 0 aliphatic carbocycles. The summed E-state index contributed by atoms with van der Waals surface area (Å²) < 4.78 is 0. The number of amides is 2. The summed E-state index contributed by atoms with van der Waals surface area (Å²) in [6.45, 7) is 1.15. The SMILES string of the molecule is CNC(=O)CN(C)C(=O)C(C)C(=O)O. The van der Waals surface area contributed by atoms with E-state index in [0.717, 1.165) is 4.90 Å². The lowest BCUT2D eigenvalue weighted by molar-refractivity contribution is -0.150. The van der Waals surface area contributed by atoms with E-state index in [-0.39, 0.29) is 12.5 Å². The summed E-state index contributed by atoms with van der Waals surface area (Å²) in [4.78, 5) is 33.7. The van der Waals surface area contributed by atoms with Crippen LogP contribution in [0, 0.1) is 5.92 Å². The van der Waals surface area contributed by atoms with Crippen molar-refractivity contribution in [2.75, 3.05) is 20.6 Å². The van der Waals surface area contributed by atoms with Gasteiger partial charge in [-0.05, 0) is 6.92 Å². The highest BCUT2D eigenvalue weighted by atomic mass is 16.4. The molecule has 2 N–H and O–H groups in total. The minimum atomic E-state index is -1.20. The first kappa shape index (κ1) is 12.4. The minimum absolute atomic E-state index is 0.132. The van der Waals surface area contributed by atoms with E-state index in [9.17, 15) is 14.4 Å². The maximum Gasteiger partial charge on any atom is 0.315 e. The number of hydrogen-bond donors (Lipinski definition) is 2. The highest BCUT2D eigenvalue weighted by Crippen LogP contribution is 2.00. The predicted octanol–water partition coefficient (Wildman–Crippen LogP) is -1.09. The normalized spacial score (nSPS) is 11.6. The Morgan fingerprint density at radius 3 is 2.29 bits per heavy atom. The summed E-state index contributed by atoms with van der Waals surface area (Å²) >= 11 is 0. The second-order valence-corrected chi connectivity index (χ2v) is 2.93. The number of hydrogen-bond acceptors (Lipinski definition) is 3.